The van der Waals surface area contributed by atoms with Gasteiger partial charge in [0.2, 0.25) is 11.8 Å². The van der Waals surface area contributed by atoms with Gasteiger partial charge >= 0.3 is 11.9 Å². The Morgan fingerprint density at radius 1 is 1.35 bits per heavy atom. The molecule has 0 aromatic carbocycles. The van der Waals surface area contributed by atoms with Crippen LogP contribution in [0.1, 0.15) is 13.3 Å². The third kappa shape index (κ3) is 3.72. The van der Waals surface area contributed by atoms with Crippen molar-refractivity contribution in [1.82, 2.24) is 4.90 Å². The number of methoxy groups -OCH3 is 2. The minimum Gasteiger partial charge on any atom is -0.468 e. The summed E-state index contributed by atoms with van der Waals surface area (Å²) in [4.78, 5) is 47.5. The predicted molar refractivity (Wildman–Crippen MR) is 70.8 cm³/mol. The van der Waals surface area contributed by atoms with Gasteiger partial charge in [0.1, 0.15) is 6.04 Å². The second kappa shape index (κ2) is 7.28. The fraction of sp³-hybridized carbons (Fsp3) is 0.667. The molecule has 0 radical (unpaired) electrons. The lowest BCUT2D eigenvalue weighted by Gasteiger charge is -2.23. The first-order chi connectivity index (χ1) is 9.42. The van der Waals surface area contributed by atoms with Crippen molar-refractivity contribution >= 4 is 35.5 Å². The van der Waals surface area contributed by atoms with Gasteiger partial charge in [-0.2, -0.15) is 0 Å². The summed E-state index contributed by atoms with van der Waals surface area (Å²) in [5.74, 6) is -2.17. The van der Waals surface area contributed by atoms with E-state index in [1.165, 1.54) is 14.2 Å². The van der Waals surface area contributed by atoms with Crippen LogP contribution in [0, 0.1) is 5.92 Å². The minimum absolute atomic E-state index is 0.0375. The molecule has 0 aromatic rings. The molecule has 1 rings (SSSR count). The van der Waals surface area contributed by atoms with E-state index in [0.29, 0.717) is 0 Å². The van der Waals surface area contributed by atoms with Crippen LogP contribution in [-0.2, 0) is 28.7 Å². The first-order valence-corrected chi connectivity index (χ1v) is 7.16. The van der Waals surface area contributed by atoms with E-state index >= 15 is 0 Å². The van der Waals surface area contributed by atoms with E-state index in [1.54, 1.807) is 6.92 Å². The molecule has 0 aliphatic carbocycles. The summed E-state index contributed by atoms with van der Waals surface area (Å²) in [5, 5.41) is 0. The number of carbonyl (C=O) groups excluding carboxylic acids is 4. The number of hydrogen-bond donors (Lipinski definition) is 0. The first-order valence-electron chi connectivity index (χ1n) is 6.00. The zero-order valence-corrected chi connectivity index (χ0v) is 12.4. The highest BCUT2D eigenvalue weighted by molar-refractivity contribution is 8.00. The number of esters is 2. The minimum atomic E-state index is -1.00. The van der Waals surface area contributed by atoms with Gasteiger partial charge in [0.05, 0.1) is 20.0 Å². The van der Waals surface area contributed by atoms with Crippen LogP contribution >= 0.6 is 11.8 Å². The van der Waals surface area contributed by atoms with Crippen molar-refractivity contribution in [3.05, 3.63) is 0 Å². The molecule has 0 spiro atoms. The van der Waals surface area contributed by atoms with Crippen molar-refractivity contribution in [2.24, 2.45) is 5.92 Å². The number of thioether (sulfide) groups is 1. The number of likely N-dealkylation sites (tertiary alicyclic amines) is 1. The number of ether oxygens (including phenoxy) is 2. The topological polar surface area (TPSA) is 90.0 Å². The average Bonchev–Trinajstić information content (AvgIpc) is 2.68. The van der Waals surface area contributed by atoms with Crippen LogP contribution in [0.15, 0.2) is 0 Å². The zero-order valence-electron chi connectivity index (χ0n) is 11.6. The quantitative estimate of drug-likeness (QED) is 0.497. The van der Waals surface area contributed by atoms with E-state index in [2.05, 4.69) is 9.47 Å². The maximum absolute atomic E-state index is 11.9. The van der Waals surface area contributed by atoms with E-state index in [9.17, 15) is 19.2 Å². The fourth-order valence-electron chi connectivity index (χ4n) is 1.83. The average molecular weight is 303 g/mol. The highest BCUT2D eigenvalue weighted by atomic mass is 32.2. The van der Waals surface area contributed by atoms with E-state index in [-0.39, 0.29) is 23.8 Å². The molecule has 0 aromatic heterocycles. The van der Waals surface area contributed by atoms with Gasteiger partial charge in [-0.05, 0) is 0 Å². The lowest BCUT2D eigenvalue weighted by molar-refractivity contribution is -0.155. The molecule has 112 valence electrons. The monoisotopic (exact) mass is 303 g/mol. The molecule has 2 atom stereocenters. The van der Waals surface area contributed by atoms with Crippen molar-refractivity contribution in [2.45, 2.75) is 19.4 Å². The van der Waals surface area contributed by atoms with Gasteiger partial charge < -0.3 is 9.47 Å². The Labute approximate surface area is 121 Å². The van der Waals surface area contributed by atoms with Crippen molar-refractivity contribution in [1.29, 1.82) is 0 Å². The van der Waals surface area contributed by atoms with E-state index in [4.69, 9.17) is 0 Å². The Kier molecular flexibility index (Phi) is 6.00. The summed E-state index contributed by atoms with van der Waals surface area (Å²) in [6.07, 6.45) is 0.0913. The van der Waals surface area contributed by atoms with Gasteiger partial charge in [-0.1, -0.05) is 6.92 Å². The van der Waals surface area contributed by atoms with Crippen molar-refractivity contribution in [3.8, 4) is 0 Å². The molecule has 0 unspecified atom stereocenters. The second-order valence-corrected chi connectivity index (χ2v) is 5.37. The van der Waals surface area contributed by atoms with E-state index in [1.807, 2.05) is 0 Å². The summed E-state index contributed by atoms with van der Waals surface area (Å²) in [7, 11) is 2.45. The summed E-state index contributed by atoms with van der Waals surface area (Å²) in [6.45, 7) is 1.64. The molecule has 20 heavy (non-hydrogen) atoms. The molecular formula is C12H17NO6S. The zero-order chi connectivity index (χ0) is 15.3. The van der Waals surface area contributed by atoms with Crippen LogP contribution in [0.4, 0.5) is 0 Å². The Morgan fingerprint density at radius 3 is 2.45 bits per heavy atom. The van der Waals surface area contributed by atoms with Crippen molar-refractivity contribution in [3.63, 3.8) is 0 Å². The molecule has 0 N–H and O–H groups in total. The highest BCUT2D eigenvalue weighted by Crippen LogP contribution is 2.23. The number of amides is 2. The molecule has 0 saturated carbocycles. The maximum atomic E-state index is 11.9. The third-order valence-electron chi connectivity index (χ3n) is 2.92. The Balaban J connectivity index is 2.74. The molecule has 8 heteroatoms. The smallest absolute Gasteiger partial charge is 0.329 e. The number of rotatable bonds is 6. The first kappa shape index (κ1) is 16.5. The van der Waals surface area contributed by atoms with Crippen molar-refractivity contribution in [2.75, 3.05) is 25.7 Å². The Bertz CT molecular complexity index is 424. The standard InChI is InChI=1S/C12H17NO6S/c1-7-4-9(14)13(11(7)16)8(12(17)19-3)5-20-6-10(15)18-2/h7-8H,4-6H2,1-3H3/t7-,8-/m1/s1. The van der Waals surface area contributed by atoms with Crippen LogP contribution in [0.2, 0.25) is 0 Å². The number of carbonyl (C=O) groups is 4. The van der Waals surface area contributed by atoms with Gasteiger partial charge in [-0.15, -0.1) is 11.8 Å². The second-order valence-electron chi connectivity index (χ2n) is 4.34. The summed E-state index contributed by atoms with van der Waals surface area (Å²) in [5.41, 5.74) is 0. The lowest BCUT2D eigenvalue weighted by atomic mass is 10.1. The molecule has 1 aliphatic rings. The van der Waals surface area contributed by atoms with Crippen LogP contribution in [0.5, 0.6) is 0 Å². The third-order valence-corrected chi connectivity index (χ3v) is 3.91. The van der Waals surface area contributed by atoms with Gasteiger partial charge in [-0.25, -0.2) is 4.79 Å². The van der Waals surface area contributed by atoms with Gasteiger partial charge in [0, 0.05) is 18.1 Å². The predicted octanol–water partition coefficient (Wildman–Crippen LogP) is -0.171. The Morgan fingerprint density at radius 2 is 2.00 bits per heavy atom. The van der Waals surface area contributed by atoms with Crippen LogP contribution in [0.25, 0.3) is 0 Å². The SMILES string of the molecule is COC(=O)CSC[C@H](C(=O)OC)N1C(=O)C[C@@H](C)C1=O. The van der Waals surface area contributed by atoms with Crippen LogP contribution in [-0.4, -0.2) is 60.4 Å². The maximum Gasteiger partial charge on any atom is 0.329 e. The normalized spacial score (nSPS) is 19.9. The van der Waals surface area contributed by atoms with Gasteiger partial charge in [-0.3, -0.25) is 19.3 Å². The number of hydrogen-bond acceptors (Lipinski definition) is 7. The molecular weight excluding hydrogens is 286 g/mol. The molecule has 1 fully saturated rings. The molecule has 0 bridgehead atoms. The summed E-state index contributed by atoms with van der Waals surface area (Å²) >= 11 is 1.11. The molecule has 2 amide bonds. The molecule has 1 aliphatic heterocycles. The van der Waals surface area contributed by atoms with Crippen molar-refractivity contribution < 1.29 is 28.7 Å². The van der Waals surface area contributed by atoms with Crippen LogP contribution in [0.3, 0.4) is 0 Å². The molecule has 7 nitrogen and oxygen atoms in total. The number of imide groups is 1. The van der Waals surface area contributed by atoms with E-state index < -0.39 is 29.8 Å². The van der Waals surface area contributed by atoms with Crippen LogP contribution < -0.4 is 0 Å². The lowest BCUT2D eigenvalue weighted by Crippen LogP contribution is -2.47. The summed E-state index contributed by atoms with van der Waals surface area (Å²) in [6, 6.07) is -1.00. The molecule has 1 heterocycles. The van der Waals surface area contributed by atoms with Gasteiger partial charge in [0.15, 0.2) is 0 Å². The highest BCUT2D eigenvalue weighted by Gasteiger charge is 2.43. The summed E-state index contributed by atoms with van der Waals surface area (Å²) < 4.78 is 9.11. The number of nitrogens with zero attached hydrogens (tertiary/aromatic N) is 1. The van der Waals surface area contributed by atoms with E-state index in [0.717, 1.165) is 16.7 Å². The Hall–Kier alpha value is -1.57. The fourth-order valence-corrected chi connectivity index (χ4v) is 2.74. The largest absolute Gasteiger partial charge is 0.468 e. The molecule has 1 saturated heterocycles. The van der Waals surface area contributed by atoms with Gasteiger partial charge in [0.25, 0.3) is 0 Å².